The Morgan fingerprint density at radius 1 is 1.15 bits per heavy atom. The molecule has 10 heteroatoms. The lowest BCUT2D eigenvalue weighted by Crippen LogP contribution is -2.33. The number of nitrogens with one attached hydrogen (secondary N) is 3. The number of carbonyl (C=O) groups excluding carboxylic acids is 1. The Balaban J connectivity index is 1.41. The van der Waals surface area contributed by atoms with Crippen LogP contribution in [0.4, 0.5) is 17.5 Å². The zero-order chi connectivity index (χ0) is 23.9. The number of carbonyl (C=O) groups is 1. The lowest BCUT2D eigenvalue weighted by atomic mass is 9.92. The highest BCUT2D eigenvalue weighted by atomic mass is 16.5. The second kappa shape index (κ2) is 11.3. The van der Waals surface area contributed by atoms with E-state index in [1.165, 1.54) is 0 Å². The Morgan fingerprint density at radius 3 is 2.59 bits per heavy atom. The van der Waals surface area contributed by atoms with Crippen LogP contribution in [-0.4, -0.2) is 69.1 Å². The molecule has 2 heterocycles. The first-order valence-electron chi connectivity index (χ1n) is 12.1. The summed E-state index contributed by atoms with van der Waals surface area (Å²) in [5.41, 5.74) is 8.63. The smallest absolute Gasteiger partial charge is 0.338 e. The summed E-state index contributed by atoms with van der Waals surface area (Å²) in [6, 6.07) is 7.74. The number of H-pyrrole nitrogens is 1. The fraction of sp³-hybridized carbons (Fsp3) is 0.500. The van der Waals surface area contributed by atoms with E-state index in [0.29, 0.717) is 41.1 Å². The second-order valence-corrected chi connectivity index (χ2v) is 8.62. The molecule has 1 fully saturated rings. The zero-order valence-corrected chi connectivity index (χ0v) is 19.9. The molecular weight excluding hydrogens is 432 g/mol. The fourth-order valence-corrected chi connectivity index (χ4v) is 4.15. The average Bonchev–Trinajstić information content (AvgIpc) is 3.33. The number of hydrogen-bond donors (Lipinski definition) is 4. The summed E-state index contributed by atoms with van der Waals surface area (Å²) in [6.45, 7) is 7.17. The number of nitrogens with two attached hydrogens (primary N) is 1. The summed E-state index contributed by atoms with van der Waals surface area (Å²) in [4.78, 5) is 31.2. The van der Waals surface area contributed by atoms with Gasteiger partial charge in [-0.05, 0) is 63.0 Å². The minimum absolute atomic E-state index is 0.286. The molecule has 1 aliphatic carbocycles. The number of imidazole rings is 1. The van der Waals surface area contributed by atoms with Gasteiger partial charge in [0.05, 0.1) is 11.9 Å². The van der Waals surface area contributed by atoms with E-state index in [1.807, 2.05) is 12.1 Å². The van der Waals surface area contributed by atoms with Crippen LogP contribution >= 0.6 is 0 Å². The number of fused-ring (bicyclic) bond motifs is 1. The lowest BCUT2D eigenvalue weighted by Gasteiger charge is -2.26. The van der Waals surface area contributed by atoms with Crippen molar-refractivity contribution in [2.24, 2.45) is 5.73 Å². The molecule has 1 aliphatic rings. The first-order valence-corrected chi connectivity index (χ1v) is 12.1. The van der Waals surface area contributed by atoms with Crippen LogP contribution in [0.3, 0.4) is 0 Å². The molecule has 2 aromatic heterocycles. The highest BCUT2D eigenvalue weighted by molar-refractivity contribution is 5.90. The van der Waals surface area contributed by atoms with Crippen molar-refractivity contribution >= 4 is 34.6 Å². The number of rotatable bonds is 10. The van der Waals surface area contributed by atoms with Gasteiger partial charge in [0.25, 0.3) is 0 Å². The maximum atomic E-state index is 12.4. The van der Waals surface area contributed by atoms with Gasteiger partial charge >= 0.3 is 5.97 Å². The number of benzene rings is 1. The van der Waals surface area contributed by atoms with Crippen LogP contribution in [0.25, 0.3) is 11.2 Å². The maximum absolute atomic E-state index is 12.4. The highest BCUT2D eigenvalue weighted by Crippen LogP contribution is 2.25. The predicted octanol–water partition coefficient (Wildman–Crippen LogP) is 3.28. The van der Waals surface area contributed by atoms with Crippen LogP contribution in [0.15, 0.2) is 30.6 Å². The Bertz CT molecular complexity index is 1070. The van der Waals surface area contributed by atoms with Gasteiger partial charge in [0.1, 0.15) is 6.61 Å². The average molecular weight is 467 g/mol. The normalized spacial score (nSPS) is 18.2. The van der Waals surface area contributed by atoms with Gasteiger partial charge in [-0.3, -0.25) is 0 Å². The number of likely N-dealkylation sites (N-methyl/N-ethyl adjacent to an activating group) is 1. The molecule has 1 aromatic carbocycles. The Kier molecular flexibility index (Phi) is 7.91. The molecule has 1 saturated carbocycles. The summed E-state index contributed by atoms with van der Waals surface area (Å²) in [5.74, 6) is 0.818. The third kappa shape index (κ3) is 6.00. The van der Waals surface area contributed by atoms with Crippen LogP contribution in [-0.2, 0) is 4.74 Å². The monoisotopic (exact) mass is 466 g/mol. The summed E-state index contributed by atoms with van der Waals surface area (Å²) in [7, 11) is 0. The summed E-state index contributed by atoms with van der Waals surface area (Å²) < 4.78 is 5.41. The minimum Gasteiger partial charge on any atom is -0.461 e. The van der Waals surface area contributed by atoms with Gasteiger partial charge in [0.2, 0.25) is 5.95 Å². The molecule has 0 unspecified atom stereocenters. The van der Waals surface area contributed by atoms with Gasteiger partial charge in [0.15, 0.2) is 17.0 Å². The molecule has 0 spiro atoms. The fourth-order valence-electron chi connectivity index (χ4n) is 4.15. The largest absolute Gasteiger partial charge is 0.461 e. The van der Waals surface area contributed by atoms with Crippen molar-refractivity contribution in [1.29, 1.82) is 0 Å². The number of ether oxygens (including phenoxy) is 1. The van der Waals surface area contributed by atoms with Gasteiger partial charge in [0, 0.05) is 24.3 Å². The number of aromatic nitrogens is 4. The molecular formula is C24H34N8O2. The van der Waals surface area contributed by atoms with E-state index in [-0.39, 0.29) is 12.0 Å². The van der Waals surface area contributed by atoms with E-state index in [9.17, 15) is 4.79 Å². The molecule has 10 nitrogen and oxygen atoms in total. The van der Waals surface area contributed by atoms with E-state index in [1.54, 1.807) is 18.5 Å². The molecule has 0 aliphatic heterocycles. The van der Waals surface area contributed by atoms with Crippen molar-refractivity contribution in [3.63, 3.8) is 0 Å². The molecule has 0 bridgehead atoms. The Labute approximate surface area is 199 Å². The number of aromatic amines is 1. The first kappa shape index (κ1) is 23.9. The quantitative estimate of drug-likeness (QED) is 0.332. The van der Waals surface area contributed by atoms with E-state index >= 15 is 0 Å². The Hall–Kier alpha value is -3.24. The van der Waals surface area contributed by atoms with Crippen LogP contribution < -0.4 is 16.4 Å². The van der Waals surface area contributed by atoms with Crippen molar-refractivity contribution in [3.8, 4) is 0 Å². The number of esters is 1. The van der Waals surface area contributed by atoms with Gasteiger partial charge in [-0.1, -0.05) is 13.8 Å². The molecule has 34 heavy (non-hydrogen) atoms. The molecule has 5 N–H and O–H groups in total. The minimum atomic E-state index is -0.325. The highest BCUT2D eigenvalue weighted by Gasteiger charge is 2.20. The van der Waals surface area contributed by atoms with Crippen LogP contribution in [0.2, 0.25) is 0 Å². The summed E-state index contributed by atoms with van der Waals surface area (Å²) in [5, 5.41) is 6.74. The van der Waals surface area contributed by atoms with Gasteiger partial charge < -0.3 is 31.0 Å². The Morgan fingerprint density at radius 2 is 1.88 bits per heavy atom. The maximum Gasteiger partial charge on any atom is 0.338 e. The van der Waals surface area contributed by atoms with E-state index in [0.717, 1.165) is 51.0 Å². The van der Waals surface area contributed by atoms with E-state index in [2.05, 4.69) is 49.3 Å². The van der Waals surface area contributed by atoms with Crippen LogP contribution in [0.1, 0.15) is 49.9 Å². The summed E-state index contributed by atoms with van der Waals surface area (Å²) >= 11 is 0. The molecule has 0 atom stereocenters. The first-order chi connectivity index (χ1) is 16.6. The summed E-state index contributed by atoms with van der Waals surface area (Å²) in [6.07, 6.45) is 5.60. The van der Waals surface area contributed by atoms with E-state index in [4.69, 9.17) is 10.5 Å². The topological polar surface area (TPSA) is 134 Å². The molecule has 0 radical (unpaired) electrons. The molecule has 3 aromatic rings. The SMILES string of the molecule is CCN(CC)CCOC(=O)c1ccc(Nc2nc(N[C@H]3CC[C@H](N)CC3)nc3[nH]cnc23)cc1. The number of nitrogens with zero attached hydrogens (tertiary/aromatic N) is 4. The molecule has 0 amide bonds. The van der Waals surface area contributed by atoms with Crippen molar-refractivity contribution in [2.45, 2.75) is 51.6 Å². The van der Waals surface area contributed by atoms with E-state index < -0.39 is 0 Å². The third-order valence-electron chi connectivity index (χ3n) is 6.30. The van der Waals surface area contributed by atoms with Crippen LogP contribution in [0, 0.1) is 0 Å². The van der Waals surface area contributed by atoms with Crippen molar-refractivity contribution in [2.75, 3.05) is 36.9 Å². The van der Waals surface area contributed by atoms with Crippen molar-refractivity contribution < 1.29 is 9.53 Å². The third-order valence-corrected chi connectivity index (χ3v) is 6.30. The van der Waals surface area contributed by atoms with Crippen LogP contribution in [0.5, 0.6) is 0 Å². The molecule has 4 rings (SSSR count). The van der Waals surface area contributed by atoms with Gasteiger partial charge in [-0.25, -0.2) is 9.78 Å². The number of hydrogen-bond acceptors (Lipinski definition) is 9. The number of anilines is 3. The van der Waals surface area contributed by atoms with Gasteiger partial charge in [-0.2, -0.15) is 9.97 Å². The standard InChI is InChI=1S/C24H34N8O2/c1-3-32(4-2)13-14-34-23(33)16-5-9-18(10-6-16)28-22-20-21(27-15-26-20)30-24(31-22)29-19-11-7-17(25)8-12-19/h5-6,9-10,15,17,19H,3-4,7-8,11-14,25H2,1-2H3,(H3,26,27,28,29,30,31)/t17-,19-. The zero-order valence-electron chi connectivity index (χ0n) is 19.9. The second-order valence-electron chi connectivity index (χ2n) is 8.62. The van der Waals surface area contributed by atoms with Crippen molar-refractivity contribution in [1.82, 2.24) is 24.8 Å². The lowest BCUT2D eigenvalue weighted by molar-refractivity contribution is 0.0466. The van der Waals surface area contributed by atoms with Gasteiger partial charge in [-0.15, -0.1) is 0 Å². The predicted molar refractivity (Wildman–Crippen MR) is 133 cm³/mol. The molecule has 182 valence electrons. The molecule has 0 saturated heterocycles. The van der Waals surface area contributed by atoms with Crippen molar-refractivity contribution in [3.05, 3.63) is 36.2 Å².